The summed E-state index contributed by atoms with van der Waals surface area (Å²) in [4.78, 5) is 32.9. The maximum atomic E-state index is 13.8. The molecule has 0 amide bonds. The largest absolute Gasteiger partial charge is 0.519 e. The van der Waals surface area contributed by atoms with Crippen molar-refractivity contribution in [3.05, 3.63) is 201 Å². The Hall–Kier alpha value is -6.69. The average Bonchev–Trinajstić information content (AvgIpc) is 3.79. The number of carbonyl (C=O) groups is 1. The average molecular weight is 792 g/mol. The Morgan fingerprint density at radius 2 is 1.41 bits per heavy atom. The number of nitrogens with one attached hydrogen (secondary N) is 2. The quantitative estimate of drug-likeness (QED) is 0.0216. The van der Waals surface area contributed by atoms with Crippen LogP contribution in [0.3, 0.4) is 0 Å². The van der Waals surface area contributed by atoms with Crippen molar-refractivity contribution in [2.24, 2.45) is 10.8 Å². The van der Waals surface area contributed by atoms with Crippen molar-refractivity contribution < 1.29 is 23.5 Å². The maximum absolute atomic E-state index is 13.8. The van der Waals surface area contributed by atoms with E-state index in [-0.39, 0.29) is 30.0 Å². The highest BCUT2D eigenvalue weighted by Gasteiger charge is 2.41. The summed E-state index contributed by atoms with van der Waals surface area (Å²) in [5, 5.41) is 14.6. The standard InChI is InChI=1S/C48H49N5O6/c1-5-17-41-50-43(47(3,4)56)42(45(54)57-31-40-32(2)58-46(55)59-40)53(41)30-33-26-28-34(29-27-33)38-24-15-16-25-39(38)44(52-49)51-48(35-18-9-6-10-19-35,36-20-11-7-12-21-36)37-22-13-8-14-23-37/h6-16,18-29,41,50,56H,5,17,30-31,49H2,1-4H3,(H,51,52). The van der Waals surface area contributed by atoms with Crippen molar-refractivity contribution in [3.8, 4) is 11.1 Å². The molecule has 5 aromatic carbocycles. The molecule has 59 heavy (non-hydrogen) atoms. The number of hydrazine groups is 1. The molecular formula is C48H49N5O6. The van der Waals surface area contributed by atoms with Crippen molar-refractivity contribution in [3.63, 3.8) is 0 Å². The molecular weight excluding hydrogens is 743 g/mol. The van der Waals surface area contributed by atoms with E-state index >= 15 is 0 Å². The molecule has 1 aliphatic rings. The molecule has 6 aromatic rings. The minimum absolute atomic E-state index is 0.121. The van der Waals surface area contributed by atoms with Gasteiger partial charge in [0.05, 0.1) is 11.9 Å². The molecule has 1 atom stereocenters. The van der Waals surface area contributed by atoms with Crippen molar-refractivity contribution in [2.75, 3.05) is 0 Å². The lowest BCUT2D eigenvalue weighted by atomic mass is 9.77. The first kappa shape index (κ1) is 40.5. The number of carbonyl (C=O) groups excluding carboxylic acids is 1. The van der Waals surface area contributed by atoms with Gasteiger partial charge in [0.1, 0.15) is 22.7 Å². The Bertz CT molecular complexity index is 2390. The van der Waals surface area contributed by atoms with E-state index in [0.717, 1.165) is 45.4 Å². The minimum atomic E-state index is -1.38. The zero-order chi connectivity index (χ0) is 41.6. The summed E-state index contributed by atoms with van der Waals surface area (Å²) < 4.78 is 15.6. The Morgan fingerprint density at radius 1 is 0.847 bits per heavy atom. The van der Waals surface area contributed by atoms with Gasteiger partial charge in [-0.3, -0.25) is 0 Å². The van der Waals surface area contributed by atoms with Crippen LogP contribution in [0.25, 0.3) is 11.1 Å². The van der Waals surface area contributed by atoms with Crippen molar-refractivity contribution in [1.82, 2.24) is 15.6 Å². The van der Waals surface area contributed by atoms with E-state index in [0.29, 0.717) is 24.5 Å². The first-order valence-corrected chi connectivity index (χ1v) is 19.7. The lowest BCUT2D eigenvalue weighted by Gasteiger charge is -2.33. The van der Waals surface area contributed by atoms with E-state index in [1.807, 2.05) is 108 Å². The molecule has 7 rings (SSSR count). The molecule has 11 heteroatoms. The van der Waals surface area contributed by atoms with E-state index in [2.05, 4.69) is 54.1 Å². The molecule has 0 bridgehead atoms. The van der Waals surface area contributed by atoms with Gasteiger partial charge >= 0.3 is 11.8 Å². The summed E-state index contributed by atoms with van der Waals surface area (Å²) in [6, 6.07) is 46.8. The number of rotatable bonds is 14. The number of aliphatic imine (C=N–C) groups is 1. The molecule has 2 heterocycles. The summed E-state index contributed by atoms with van der Waals surface area (Å²) in [5.41, 5.74) is 7.76. The Labute approximate surface area is 343 Å². The molecule has 0 radical (unpaired) electrons. The highest BCUT2D eigenvalue weighted by molar-refractivity contribution is 6.04. The molecule has 5 N–H and O–H groups in total. The molecule has 0 spiro atoms. The molecule has 302 valence electrons. The topological polar surface area (TPSA) is 156 Å². The second kappa shape index (κ2) is 17.4. The monoisotopic (exact) mass is 791 g/mol. The number of hydrogen-bond donors (Lipinski definition) is 4. The summed E-state index contributed by atoms with van der Waals surface area (Å²) in [6.07, 6.45) is 1.23. The van der Waals surface area contributed by atoms with Gasteiger partial charge in [-0.15, -0.1) is 0 Å². The molecule has 1 aromatic heterocycles. The van der Waals surface area contributed by atoms with Gasteiger partial charge in [0.25, 0.3) is 0 Å². The third-order valence-electron chi connectivity index (χ3n) is 10.5. The van der Waals surface area contributed by atoms with Crippen LogP contribution in [0.5, 0.6) is 0 Å². The van der Waals surface area contributed by atoms with E-state index < -0.39 is 22.9 Å². The number of ether oxygens (including phenoxy) is 1. The molecule has 1 unspecified atom stereocenters. The molecule has 0 fully saturated rings. The van der Waals surface area contributed by atoms with Gasteiger partial charge in [0, 0.05) is 12.1 Å². The normalized spacial score (nSPS) is 14.6. The summed E-state index contributed by atoms with van der Waals surface area (Å²) in [7, 11) is 0. The van der Waals surface area contributed by atoms with E-state index in [4.69, 9.17) is 24.4 Å². The van der Waals surface area contributed by atoms with Crippen LogP contribution in [0.1, 0.15) is 73.0 Å². The number of hydrogen-bond acceptors (Lipinski definition) is 10. The third kappa shape index (κ3) is 8.48. The number of aliphatic hydroxyl groups is 1. The van der Waals surface area contributed by atoms with Crippen LogP contribution in [0.15, 0.2) is 170 Å². The fourth-order valence-electron chi connectivity index (χ4n) is 7.69. The van der Waals surface area contributed by atoms with Crippen molar-refractivity contribution >= 4 is 11.8 Å². The SMILES string of the molecule is CCCC1NC(C(C)(C)O)=C(C(=O)OCc2oc(=O)oc2C)N1Cc1ccc(-c2ccccc2C(=NC(c2ccccc2)(c2ccccc2)c2ccccc2)NN)cc1. The molecule has 0 saturated carbocycles. The Morgan fingerprint density at radius 3 is 1.92 bits per heavy atom. The maximum Gasteiger partial charge on any atom is 0.519 e. The van der Waals surface area contributed by atoms with Crippen LogP contribution in [0.4, 0.5) is 0 Å². The van der Waals surface area contributed by atoms with Crippen LogP contribution in [0.2, 0.25) is 0 Å². The molecule has 1 aliphatic heterocycles. The summed E-state index contributed by atoms with van der Waals surface area (Å²) in [6.45, 7) is 6.91. The van der Waals surface area contributed by atoms with E-state index in [1.165, 1.54) is 0 Å². The summed E-state index contributed by atoms with van der Waals surface area (Å²) in [5.74, 6) is 5.73. The lowest BCUT2D eigenvalue weighted by Crippen LogP contribution is -2.39. The van der Waals surface area contributed by atoms with Crippen LogP contribution < -0.4 is 22.4 Å². The predicted octanol–water partition coefficient (Wildman–Crippen LogP) is 7.67. The number of esters is 1. The smallest absolute Gasteiger partial charge is 0.453 e. The van der Waals surface area contributed by atoms with E-state index in [1.54, 1.807) is 20.8 Å². The number of benzene rings is 5. The summed E-state index contributed by atoms with van der Waals surface area (Å²) >= 11 is 0. The van der Waals surface area contributed by atoms with Gasteiger partial charge in [-0.25, -0.2) is 20.4 Å². The first-order chi connectivity index (χ1) is 28.5. The second-order valence-electron chi connectivity index (χ2n) is 15.0. The number of nitrogens with two attached hydrogens (primary N) is 1. The van der Waals surface area contributed by atoms with Gasteiger partial charge in [-0.1, -0.05) is 153 Å². The first-order valence-electron chi connectivity index (χ1n) is 19.7. The fraction of sp³-hybridized carbons (Fsp3) is 0.229. The fourth-order valence-corrected chi connectivity index (χ4v) is 7.69. The number of nitrogens with zero attached hydrogens (tertiary/aromatic N) is 2. The zero-order valence-corrected chi connectivity index (χ0v) is 33.6. The predicted molar refractivity (Wildman–Crippen MR) is 227 cm³/mol. The van der Waals surface area contributed by atoms with Crippen LogP contribution in [-0.2, 0) is 28.2 Å². The van der Waals surface area contributed by atoms with Gasteiger partial charge in [0.2, 0.25) is 0 Å². The van der Waals surface area contributed by atoms with Crippen molar-refractivity contribution in [2.45, 2.75) is 71.0 Å². The number of aryl methyl sites for hydroxylation is 1. The second-order valence-corrected chi connectivity index (χ2v) is 15.0. The zero-order valence-electron chi connectivity index (χ0n) is 33.6. The van der Waals surface area contributed by atoms with Gasteiger partial charge in [-0.05, 0) is 60.6 Å². The Balaban J connectivity index is 1.25. The highest BCUT2D eigenvalue weighted by atomic mass is 16.6. The van der Waals surface area contributed by atoms with Crippen LogP contribution in [0, 0.1) is 6.92 Å². The minimum Gasteiger partial charge on any atom is -0.453 e. The molecule has 11 nitrogen and oxygen atoms in total. The molecule has 0 saturated heterocycles. The van der Waals surface area contributed by atoms with Gasteiger partial charge in [0.15, 0.2) is 18.1 Å². The van der Waals surface area contributed by atoms with Gasteiger partial charge in [-0.2, -0.15) is 0 Å². The van der Waals surface area contributed by atoms with Gasteiger partial charge < -0.3 is 34.3 Å². The third-order valence-corrected chi connectivity index (χ3v) is 10.5. The van der Waals surface area contributed by atoms with E-state index in [9.17, 15) is 14.7 Å². The highest BCUT2D eigenvalue weighted by Crippen LogP contribution is 2.41. The lowest BCUT2D eigenvalue weighted by molar-refractivity contribution is -0.143. The Kier molecular flexibility index (Phi) is 12.0. The molecule has 0 aliphatic carbocycles. The van der Waals surface area contributed by atoms with Crippen molar-refractivity contribution in [1.29, 1.82) is 0 Å². The number of amidine groups is 1. The van der Waals surface area contributed by atoms with Crippen LogP contribution >= 0.6 is 0 Å². The van der Waals surface area contributed by atoms with Crippen LogP contribution in [-0.4, -0.2) is 33.6 Å².